The molecular formula is C20H27F2N5O. The number of halogens is 2. The molecule has 1 aliphatic heterocycles. The second-order valence-corrected chi connectivity index (χ2v) is 7.79. The van der Waals surface area contributed by atoms with Gasteiger partial charge in [-0.2, -0.15) is 5.10 Å². The lowest BCUT2D eigenvalue weighted by atomic mass is 9.92. The summed E-state index contributed by atoms with van der Waals surface area (Å²) in [5.74, 6) is -0.931. The first-order valence-corrected chi connectivity index (χ1v) is 9.92. The smallest absolute Gasteiger partial charge is 0.248 e. The van der Waals surface area contributed by atoms with Gasteiger partial charge in [-0.25, -0.2) is 18.4 Å². The molecule has 2 aliphatic rings. The van der Waals surface area contributed by atoms with Crippen LogP contribution in [0.3, 0.4) is 0 Å². The molecule has 0 amide bonds. The van der Waals surface area contributed by atoms with Crippen LogP contribution in [-0.2, 0) is 4.74 Å². The van der Waals surface area contributed by atoms with E-state index in [0.29, 0.717) is 26.1 Å². The molecule has 0 spiro atoms. The van der Waals surface area contributed by atoms with Crippen molar-refractivity contribution in [3.05, 3.63) is 29.6 Å². The van der Waals surface area contributed by atoms with E-state index in [0.717, 1.165) is 41.8 Å². The Morgan fingerprint density at radius 1 is 1.07 bits per heavy atom. The predicted molar refractivity (Wildman–Crippen MR) is 105 cm³/mol. The van der Waals surface area contributed by atoms with Crippen LogP contribution < -0.4 is 10.2 Å². The minimum absolute atomic E-state index is 0.0490. The topological polar surface area (TPSA) is 55.2 Å². The van der Waals surface area contributed by atoms with Gasteiger partial charge in [0.15, 0.2) is 5.82 Å². The van der Waals surface area contributed by atoms with E-state index < -0.39 is 5.92 Å². The molecule has 2 fully saturated rings. The summed E-state index contributed by atoms with van der Waals surface area (Å²) in [4.78, 5) is 7.02. The predicted octanol–water partition coefficient (Wildman–Crippen LogP) is 3.71. The summed E-state index contributed by atoms with van der Waals surface area (Å²) in [5, 5.41) is 8.02. The second kappa shape index (κ2) is 7.66. The van der Waals surface area contributed by atoms with Crippen LogP contribution in [0.15, 0.2) is 18.2 Å². The Kier molecular flexibility index (Phi) is 5.23. The quantitative estimate of drug-likeness (QED) is 0.861. The van der Waals surface area contributed by atoms with Crippen molar-refractivity contribution in [2.75, 3.05) is 36.5 Å². The van der Waals surface area contributed by atoms with Crippen LogP contribution in [0, 0.1) is 13.8 Å². The van der Waals surface area contributed by atoms with Crippen molar-refractivity contribution in [2.24, 2.45) is 0 Å². The Hall–Kier alpha value is -2.22. The molecule has 2 aromatic rings. The van der Waals surface area contributed by atoms with E-state index in [2.05, 4.69) is 15.3 Å². The molecule has 0 atom stereocenters. The number of anilines is 2. The minimum atomic E-state index is -2.52. The van der Waals surface area contributed by atoms with Crippen molar-refractivity contribution in [2.45, 2.75) is 51.5 Å². The van der Waals surface area contributed by atoms with Crippen molar-refractivity contribution in [3.63, 3.8) is 0 Å². The Bertz CT molecular complexity index is 822. The first-order chi connectivity index (χ1) is 13.4. The lowest BCUT2D eigenvalue weighted by Gasteiger charge is -2.31. The number of hydrogen-bond donors (Lipinski definition) is 1. The van der Waals surface area contributed by atoms with Crippen LogP contribution >= 0.6 is 0 Å². The second-order valence-electron chi connectivity index (χ2n) is 7.79. The fourth-order valence-electron chi connectivity index (χ4n) is 3.93. The highest BCUT2D eigenvalue weighted by Gasteiger charge is 2.35. The average molecular weight is 391 g/mol. The minimum Gasteiger partial charge on any atom is -0.382 e. The van der Waals surface area contributed by atoms with Gasteiger partial charge in [0.1, 0.15) is 5.82 Å². The molecule has 0 unspecified atom stereocenters. The van der Waals surface area contributed by atoms with Gasteiger partial charge in [0.05, 0.1) is 18.9 Å². The van der Waals surface area contributed by atoms with Gasteiger partial charge in [-0.1, -0.05) is 0 Å². The van der Waals surface area contributed by atoms with Crippen LogP contribution in [0.5, 0.6) is 0 Å². The number of hydrogen-bond acceptors (Lipinski definition) is 5. The number of aromatic nitrogens is 3. The van der Waals surface area contributed by atoms with Gasteiger partial charge >= 0.3 is 0 Å². The highest BCUT2D eigenvalue weighted by atomic mass is 19.3. The van der Waals surface area contributed by atoms with Crippen molar-refractivity contribution >= 4 is 11.5 Å². The van der Waals surface area contributed by atoms with Crippen LogP contribution in [-0.4, -0.2) is 53.0 Å². The van der Waals surface area contributed by atoms with Gasteiger partial charge in [0.25, 0.3) is 0 Å². The summed E-state index contributed by atoms with van der Waals surface area (Å²) in [5.41, 5.74) is 2.83. The fraction of sp³-hybridized carbons (Fsp3) is 0.600. The molecule has 1 N–H and O–H groups in total. The fourth-order valence-corrected chi connectivity index (χ4v) is 3.93. The Morgan fingerprint density at radius 2 is 1.75 bits per heavy atom. The number of alkyl halides is 2. The van der Waals surface area contributed by atoms with Crippen LogP contribution in [0.2, 0.25) is 0 Å². The summed E-state index contributed by atoms with van der Waals surface area (Å²) < 4.78 is 34.3. The molecule has 0 aromatic carbocycles. The summed E-state index contributed by atoms with van der Waals surface area (Å²) in [6.07, 6.45) is 0.821. The third-order valence-electron chi connectivity index (χ3n) is 5.45. The molecule has 0 bridgehead atoms. The Balaban J connectivity index is 1.63. The van der Waals surface area contributed by atoms with Crippen molar-refractivity contribution < 1.29 is 13.5 Å². The molecule has 28 heavy (non-hydrogen) atoms. The van der Waals surface area contributed by atoms with E-state index in [1.807, 2.05) is 36.7 Å². The van der Waals surface area contributed by atoms with Crippen molar-refractivity contribution in [1.82, 2.24) is 14.8 Å². The lowest BCUT2D eigenvalue weighted by molar-refractivity contribution is -0.0360. The maximum atomic E-state index is 13.5. The highest BCUT2D eigenvalue weighted by molar-refractivity contribution is 5.58. The normalized spacial score (nSPS) is 20.4. The van der Waals surface area contributed by atoms with Crippen molar-refractivity contribution in [3.8, 4) is 5.82 Å². The Morgan fingerprint density at radius 3 is 2.39 bits per heavy atom. The summed E-state index contributed by atoms with van der Waals surface area (Å²) in [7, 11) is 0. The number of nitrogens with zero attached hydrogens (tertiary/aromatic N) is 4. The van der Waals surface area contributed by atoms with Gasteiger partial charge in [-0.05, 0) is 32.8 Å². The number of morpholine rings is 1. The standard InChI is InChI=1S/C20H27F2N5O/c1-14-11-15(2)27(25-14)19-13-17(23-16-3-5-20(21,22)6-4-16)12-18(24-19)26-7-9-28-10-8-26/h11-13,16H,3-10H2,1-2H3,(H,23,24). The zero-order chi connectivity index (χ0) is 19.7. The van der Waals surface area contributed by atoms with Crippen LogP contribution in [0.25, 0.3) is 5.82 Å². The average Bonchev–Trinajstić information content (AvgIpc) is 3.02. The SMILES string of the molecule is Cc1cc(C)n(-c2cc(NC3CCC(F)(F)CC3)cc(N3CCOCC3)n2)n1. The molecule has 3 heterocycles. The molecule has 6 nitrogen and oxygen atoms in total. The summed E-state index contributed by atoms with van der Waals surface area (Å²) in [6, 6.07) is 6.02. The largest absolute Gasteiger partial charge is 0.382 e. The van der Waals surface area contributed by atoms with Crippen molar-refractivity contribution in [1.29, 1.82) is 0 Å². The maximum Gasteiger partial charge on any atom is 0.248 e. The zero-order valence-corrected chi connectivity index (χ0v) is 16.4. The number of ether oxygens (including phenoxy) is 1. The number of aryl methyl sites for hydroxylation is 2. The number of rotatable bonds is 4. The highest BCUT2D eigenvalue weighted by Crippen LogP contribution is 2.34. The summed E-state index contributed by atoms with van der Waals surface area (Å²) >= 11 is 0. The third-order valence-corrected chi connectivity index (χ3v) is 5.45. The van der Waals surface area contributed by atoms with E-state index in [1.54, 1.807) is 0 Å². The molecule has 152 valence electrons. The van der Waals surface area contributed by atoms with Gasteiger partial charge in [0, 0.05) is 55.5 Å². The number of nitrogens with one attached hydrogen (secondary N) is 1. The van der Waals surface area contributed by atoms with E-state index in [-0.39, 0.29) is 18.9 Å². The summed E-state index contributed by atoms with van der Waals surface area (Å²) in [6.45, 7) is 6.86. The van der Waals surface area contributed by atoms with E-state index in [1.165, 1.54) is 0 Å². The van der Waals surface area contributed by atoms with E-state index in [4.69, 9.17) is 9.72 Å². The van der Waals surface area contributed by atoms with Crippen LogP contribution in [0.1, 0.15) is 37.1 Å². The van der Waals surface area contributed by atoms with Gasteiger partial charge in [-0.15, -0.1) is 0 Å². The van der Waals surface area contributed by atoms with Gasteiger partial charge in [-0.3, -0.25) is 0 Å². The molecule has 1 aliphatic carbocycles. The zero-order valence-electron chi connectivity index (χ0n) is 16.4. The molecule has 0 radical (unpaired) electrons. The number of pyridine rings is 1. The molecule has 2 aromatic heterocycles. The molecule has 8 heteroatoms. The van der Waals surface area contributed by atoms with Crippen LogP contribution in [0.4, 0.5) is 20.3 Å². The molecule has 1 saturated carbocycles. The van der Waals surface area contributed by atoms with Gasteiger partial charge in [0.2, 0.25) is 5.92 Å². The van der Waals surface area contributed by atoms with E-state index >= 15 is 0 Å². The van der Waals surface area contributed by atoms with Gasteiger partial charge < -0.3 is 15.0 Å². The molecule has 4 rings (SSSR count). The monoisotopic (exact) mass is 391 g/mol. The lowest BCUT2D eigenvalue weighted by Crippen LogP contribution is -2.37. The maximum absolute atomic E-state index is 13.5. The first kappa shape index (κ1) is 19.1. The molecule has 1 saturated heterocycles. The molecular weight excluding hydrogens is 364 g/mol. The van der Waals surface area contributed by atoms with E-state index in [9.17, 15) is 8.78 Å². The Labute approximate surface area is 163 Å². The first-order valence-electron chi connectivity index (χ1n) is 9.92. The third kappa shape index (κ3) is 4.27.